The highest BCUT2D eigenvalue weighted by molar-refractivity contribution is 5.92. The molecule has 1 N–H and O–H groups in total. The van der Waals surface area contributed by atoms with Gasteiger partial charge in [0.15, 0.2) is 0 Å². The van der Waals surface area contributed by atoms with E-state index in [0.717, 1.165) is 38.4 Å². The molecule has 0 unspecified atom stereocenters. The van der Waals surface area contributed by atoms with E-state index < -0.39 is 0 Å². The van der Waals surface area contributed by atoms with Gasteiger partial charge < -0.3 is 10.2 Å². The Kier molecular flexibility index (Phi) is 6.65. The van der Waals surface area contributed by atoms with E-state index in [0.29, 0.717) is 11.6 Å². The van der Waals surface area contributed by atoms with Crippen molar-refractivity contribution in [2.75, 3.05) is 19.6 Å². The largest absolute Gasteiger partial charge is 0.348 e. The maximum atomic E-state index is 12.5. The summed E-state index contributed by atoms with van der Waals surface area (Å²) in [6.07, 6.45) is 10.6. The van der Waals surface area contributed by atoms with Gasteiger partial charge in [-0.3, -0.25) is 9.48 Å². The van der Waals surface area contributed by atoms with E-state index in [4.69, 9.17) is 0 Å². The lowest BCUT2D eigenvalue weighted by Crippen LogP contribution is -2.46. The minimum atomic E-state index is -0.00665. The summed E-state index contributed by atoms with van der Waals surface area (Å²) in [7, 11) is 1.81. The number of benzene rings is 1. The molecule has 1 atom stereocenters. The van der Waals surface area contributed by atoms with E-state index in [9.17, 15) is 4.79 Å². The Morgan fingerprint density at radius 3 is 2.45 bits per heavy atom. The number of piperidine rings is 1. The molecule has 1 aliphatic carbocycles. The van der Waals surface area contributed by atoms with Crippen LogP contribution < -0.4 is 5.32 Å². The fourth-order valence-corrected chi connectivity index (χ4v) is 5.16. The molecule has 4 rings (SSSR count). The number of carbonyl (C=O) groups excluding carboxylic acids is 1. The number of aromatic nitrogens is 2. The molecule has 156 valence electrons. The Labute approximate surface area is 174 Å². The molecule has 2 aromatic rings. The molecule has 1 amide bonds. The molecule has 1 aromatic carbocycles. The second-order valence-electron chi connectivity index (χ2n) is 8.80. The van der Waals surface area contributed by atoms with Crippen LogP contribution in [0.1, 0.15) is 66.9 Å². The molecule has 2 aliphatic rings. The fourth-order valence-electron chi connectivity index (χ4n) is 5.16. The van der Waals surface area contributed by atoms with Gasteiger partial charge in [-0.25, -0.2) is 0 Å². The summed E-state index contributed by atoms with van der Waals surface area (Å²) in [5.74, 6) is 1.44. The van der Waals surface area contributed by atoms with Crippen molar-refractivity contribution in [1.29, 1.82) is 0 Å². The Hall–Kier alpha value is -2.14. The Bertz CT molecular complexity index is 773. The zero-order chi connectivity index (χ0) is 20.1. The van der Waals surface area contributed by atoms with Crippen LogP contribution in [0.2, 0.25) is 0 Å². The van der Waals surface area contributed by atoms with Crippen molar-refractivity contribution in [2.24, 2.45) is 13.0 Å². The van der Waals surface area contributed by atoms with Crippen molar-refractivity contribution in [3.63, 3.8) is 0 Å². The summed E-state index contributed by atoms with van der Waals surface area (Å²) in [6.45, 7) is 3.27. The lowest BCUT2D eigenvalue weighted by molar-refractivity contribution is 0.0895. The van der Waals surface area contributed by atoms with Gasteiger partial charge in [0.1, 0.15) is 5.69 Å². The van der Waals surface area contributed by atoms with Crippen molar-refractivity contribution in [1.82, 2.24) is 20.0 Å². The van der Waals surface area contributed by atoms with Crippen molar-refractivity contribution in [2.45, 2.75) is 56.9 Å². The molecule has 1 aliphatic heterocycles. The summed E-state index contributed by atoms with van der Waals surface area (Å²) in [5, 5.41) is 7.30. The van der Waals surface area contributed by atoms with E-state index in [1.165, 1.54) is 37.7 Å². The number of carbonyl (C=O) groups is 1. The number of likely N-dealkylation sites (tertiary alicyclic amines) is 1. The molecule has 0 spiro atoms. The van der Waals surface area contributed by atoms with Gasteiger partial charge >= 0.3 is 0 Å². The van der Waals surface area contributed by atoms with Crippen LogP contribution in [0.25, 0.3) is 0 Å². The van der Waals surface area contributed by atoms with Crippen LogP contribution in [-0.4, -0.2) is 46.3 Å². The SMILES string of the molecule is Cn1nccc1C(=O)NC1CCN(C[C@H](c2ccccc2)C2CCCCC2)CC1. The maximum absolute atomic E-state index is 12.5. The van der Waals surface area contributed by atoms with Crippen LogP contribution in [-0.2, 0) is 7.05 Å². The van der Waals surface area contributed by atoms with Crippen LogP contribution >= 0.6 is 0 Å². The first kappa shape index (κ1) is 20.1. The summed E-state index contributed by atoms with van der Waals surface area (Å²) in [6, 6.07) is 13.2. The quantitative estimate of drug-likeness (QED) is 0.806. The van der Waals surface area contributed by atoms with Gasteiger partial charge in [-0.2, -0.15) is 5.10 Å². The predicted octanol–water partition coefficient (Wildman–Crippen LogP) is 3.98. The maximum Gasteiger partial charge on any atom is 0.269 e. The average Bonchev–Trinajstić information content (AvgIpc) is 3.20. The summed E-state index contributed by atoms with van der Waals surface area (Å²) < 4.78 is 1.64. The lowest BCUT2D eigenvalue weighted by atomic mass is 9.76. The second kappa shape index (κ2) is 9.57. The van der Waals surface area contributed by atoms with Crippen LogP contribution in [0.15, 0.2) is 42.6 Å². The monoisotopic (exact) mass is 394 g/mol. The molecule has 0 radical (unpaired) electrons. The van der Waals surface area contributed by atoms with Crippen molar-refractivity contribution >= 4 is 5.91 Å². The number of hydrogen-bond acceptors (Lipinski definition) is 3. The molecule has 29 heavy (non-hydrogen) atoms. The predicted molar refractivity (Wildman–Crippen MR) is 116 cm³/mol. The highest BCUT2D eigenvalue weighted by Crippen LogP contribution is 2.37. The molecule has 1 saturated heterocycles. The highest BCUT2D eigenvalue weighted by Gasteiger charge is 2.29. The standard InChI is InChI=1S/C24H34N4O/c1-27-23(12-15-25-27)24(29)26-21-13-16-28(17-14-21)18-22(19-8-4-2-5-9-19)20-10-6-3-7-11-20/h2,4-5,8-9,12,15,20-22H,3,6-7,10-11,13-14,16-18H2,1H3,(H,26,29)/t22-/m1/s1. The highest BCUT2D eigenvalue weighted by atomic mass is 16.2. The van der Waals surface area contributed by atoms with Gasteiger partial charge in [0.2, 0.25) is 0 Å². The minimum absolute atomic E-state index is 0.00665. The van der Waals surface area contributed by atoms with Gasteiger partial charge in [-0.1, -0.05) is 49.6 Å². The average molecular weight is 395 g/mol. The third kappa shape index (κ3) is 5.08. The normalized spacial score (nSPS) is 20.4. The first-order valence-corrected chi connectivity index (χ1v) is 11.3. The molecule has 2 fully saturated rings. The summed E-state index contributed by atoms with van der Waals surface area (Å²) >= 11 is 0. The van der Waals surface area contributed by atoms with Gasteiger partial charge in [0.25, 0.3) is 5.91 Å². The topological polar surface area (TPSA) is 50.2 Å². The number of aryl methyl sites for hydroxylation is 1. The molecule has 2 heterocycles. The van der Waals surface area contributed by atoms with Gasteiger partial charge in [-0.15, -0.1) is 0 Å². The Morgan fingerprint density at radius 2 is 1.79 bits per heavy atom. The third-order valence-electron chi connectivity index (χ3n) is 6.88. The number of amides is 1. The molecule has 5 heteroatoms. The molecule has 1 saturated carbocycles. The van der Waals surface area contributed by atoms with Gasteiger partial charge in [-0.05, 0) is 49.1 Å². The number of rotatable bonds is 6. The smallest absolute Gasteiger partial charge is 0.269 e. The molecular weight excluding hydrogens is 360 g/mol. The molecule has 5 nitrogen and oxygen atoms in total. The fraction of sp³-hybridized carbons (Fsp3) is 0.583. The third-order valence-corrected chi connectivity index (χ3v) is 6.88. The van der Waals surface area contributed by atoms with Crippen molar-refractivity contribution in [3.8, 4) is 0 Å². The zero-order valence-electron chi connectivity index (χ0n) is 17.6. The van der Waals surface area contributed by atoms with Crippen molar-refractivity contribution < 1.29 is 4.79 Å². The summed E-state index contributed by atoms with van der Waals surface area (Å²) in [4.78, 5) is 15.1. The molecule has 0 bridgehead atoms. The minimum Gasteiger partial charge on any atom is -0.348 e. The van der Waals surface area contributed by atoms with E-state index in [2.05, 4.69) is 45.6 Å². The van der Waals surface area contributed by atoms with Crippen LogP contribution in [0.5, 0.6) is 0 Å². The van der Waals surface area contributed by atoms with E-state index in [1.807, 2.05) is 7.05 Å². The lowest BCUT2D eigenvalue weighted by Gasteiger charge is -2.38. The first-order chi connectivity index (χ1) is 14.2. The van der Waals surface area contributed by atoms with Crippen LogP contribution in [0.4, 0.5) is 0 Å². The van der Waals surface area contributed by atoms with E-state index in [1.54, 1.807) is 16.9 Å². The number of hydrogen-bond donors (Lipinski definition) is 1. The van der Waals surface area contributed by atoms with Crippen molar-refractivity contribution in [3.05, 3.63) is 53.9 Å². The van der Waals surface area contributed by atoms with Gasteiger partial charge in [0.05, 0.1) is 0 Å². The van der Waals surface area contributed by atoms with E-state index >= 15 is 0 Å². The number of nitrogens with one attached hydrogen (secondary N) is 1. The van der Waals surface area contributed by atoms with Crippen LogP contribution in [0.3, 0.4) is 0 Å². The van der Waals surface area contributed by atoms with E-state index in [-0.39, 0.29) is 11.9 Å². The summed E-state index contributed by atoms with van der Waals surface area (Å²) in [5.41, 5.74) is 2.14. The number of nitrogens with zero attached hydrogens (tertiary/aromatic N) is 3. The Balaban J connectivity index is 1.33. The molecular formula is C24H34N4O. The Morgan fingerprint density at radius 1 is 1.07 bits per heavy atom. The molecule has 1 aromatic heterocycles. The van der Waals surface area contributed by atoms with Crippen LogP contribution in [0, 0.1) is 5.92 Å². The second-order valence-corrected chi connectivity index (χ2v) is 8.80. The van der Waals surface area contributed by atoms with Gasteiger partial charge in [0, 0.05) is 38.9 Å². The zero-order valence-corrected chi connectivity index (χ0v) is 17.6. The first-order valence-electron chi connectivity index (χ1n) is 11.3.